The fourth-order valence-corrected chi connectivity index (χ4v) is 15.3. The highest BCUT2D eigenvalue weighted by molar-refractivity contribution is 9.10. The smallest absolute Gasteiger partial charge is 0.330 e. The number of halogens is 1. The summed E-state index contributed by atoms with van der Waals surface area (Å²) in [5, 5.41) is 11.2. The summed E-state index contributed by atoms with van der Waals surface area (Å²) in [6, 6.07) is 18.5. The number of nitrogens with zero attached hydrogens (tertiary/aromatic N) is 8. The fraction of sp³-hybridized carbons (Fsp3) is 0.472. The van der Waals surface area contributed by atoms with Crippen LogP contribution >= 0.6 is 23.1 Å². The first-order valence-electron chi connectivity index (χ1n) is 25.5. The summed E-state index contributed by atoms with van der Waals surface area (Å²) in [5.74, 6) is 1.03. The maximum Gasteiger partial charge on any atom is 0.330 e. The number of methoxy groups -OCH3 is 1. The number of hydrogen-bond donors (Lipinski definition) is 3. The van der Waals surface area contributed by atoms with Crippen LogP contribution in [0.4, 0.5) is 28.8 Å². The van der Waals surface area contributed by atoms with Crippen LogP contribution in [0.1, 0.15) is 87.2 Å². The Kier molecular flexibility index (Phi) is 13.3. The predicted molar refractivity (Wildman–Crippen MR) is 284 cm³/mol. The zero-order valence-electron chi connectivity index (χ0n) is 40.9. The average Bonchev–Trinajstić information content (AvgIpc) is 4.04. The number of imide groups is 1. The Morgan fingerprint density at radius 2 is 1.63 bits per heavy atom. The topological polar surface area (TPSA) is 172 Å². The van der Waals surface area contributed by atoms with E-state index in [1.165, 1.54) is 11.3 Å². The van der Waals surface area contributed by atoms with Gasteiger partial charge in [0.05, 0.1) is 39.5 Å². The maximum absolute atomic E-state index is 14.5. The van der Waals surface area contributed by atoms with Crippen molar-refractivity contribution < 1.29 is 18.9 Å². The number of ether oxygens (including phenoxy) is 1. The highest BCUT2D eigenvalue weighted by Gasteiger charge is 2.37. The number of imidazole rings is 1. The lowest BCUT2D eigenvalue weighted by molar-refractivity contribution is -0.135. The van der Waals surface area contributed by atoms with Gasteiger partial charge in [-0.15, -0.1) is 0 Å². The molecule has 18 heteroatoms. The molecule has 3 aromatic carbocycles. The summed E-state index contributed by atoms with van der Waals surface area (Å²) in [6.45, 7) is 11.0. The van der Waals surface area contributed by atoms with Gasteiger partial charge in [-0.1, -0.05) is 25.1 Å². The van der Waals surface area contributed by atoms with Gasteiger partial charge >= 0.3 is 5.69 Å². The van der Waals surface area contributed by atoms with Gasteiger partial charge < -0.3 is 29.7 Å². The number of aryl methyl sites for hydroxylation is 2. The molecular formula is C53H63BrN11O5P. The second-order valence-electron chi connectivity index (χ2n) is 20.1. The molecule has 1 aliphatic carbocycles. The number of nitrogens with one attached hydrogen (secondary N) is 3. The highest BCUT2D eigenvalue weighted by Crippen LogP contribution is 2.54. The Morgan fingerprint density at radius 3 is 2.37 bits per heavy atom. The van der Waals surface area contributed by atoms with Crippen molar-refractivity contribution in [3.05, 3.63) is 92.6 Å². The van der Waals surface area contributed by atoms with Gasteiger partial charge in [-0.3, -0.25) is 33.9 Å². The first kappa shape index (κ1) is 47.7. The minimum atomic E-state index is -2.64. The van der Waals surface area contributed by atoms with Gasteiger partial charge in [-0.05, 0) is 122 Å². The molecule has 1 unspecified atom stereocenters. The second kappa shape index (κ2) is 19.8. The third-order valence-corrected chi connectivity index (χ3v) is 19.5. The molecule has 1 atom stereocenters. The molecule has 71 heavy (non-hydrogen) atoms. The normalized spacial score (nSPS) is 20.2. The highest BCUT2D eigenvalue weighted by atomic mass is 79.9. The van der Waals surface area contributed by atoms with Crippen LogP contribution in [0.25, 0.3) is 21.9 Å². The van der Waals surface area contributed by atoms with Crippen molar-refractivity contribution >= 4 is 91.0 Å². The van der Waals surface area contributed by atoms with E-state index >= 15 is 0 Å². The van der Waals surface area contributed by atoms with Crippen LogP contribution in [0.3, 0.4) is 0 Å². The molecule has 3 aromatic heterocycles. The Labute approximate surface area is 422 Å². The van der Waals surface area contributed by atoms with Crippen molar-refractivity contribution in [3.8, 4) is 5.75 Å². The van der Waals surface area contributed by atoms with E-state index in [0.29, 0.717) is 46.8 Å². The molecule has 16 nitrogen and oxygen atoms in total. The lowest BCUT2D eigenvalue weighted by Gasteiger charge is -2.43. The molecule has 6 aromatic rings. The lowest BCUT2D eigenvalue weighted by Crippen LogP contribution is -2.53. The maximum atomic E-state index is 14.5. The molecule has 11 rings (SSSR count). The minimum Gasteiger partial charge on any atom is -0.494 e. The zero-order chi connectivity index (χ0) is 49.0. The molecular weight excluding hydrogens is 982 g/mol. The summed E-state index contributed by atoms with van der Waals surface area (Å²) in [6.07, 6.45) is 11.4. The molecule has 0 bridgehead atoms. The molecule has 4 saturated heterocycles. The van der Waals surface area contributed by atoms with E-state index in [0.717, 1.165) is 147 Å². The van der Waals surface area contributed by atoms with Crippen molar-refractivity contribution in [2.45, 2.75) is 96.2 Å². The molecule has 0 spiro atoms. The molecule has 7 heterocycles. The van der Waals surface area contributed by atoms with E-state index in [-0.39, 0.29) is 30.0 Å². The minimum absolute atomic E-state index is 0.140. The number of piperidine rings is 2. The van der Waals surface area contributed by atoms with Crippen LogP contribution in [0, 0.1) is 6.92 Å². The molecule has 3 N–H and O–H groups in total. The van der Waals surface area contributed by atoms with Crippen LogP contribution in [-0.2, 0) is 27.0 Å². The summed E-state index contributed by atoms with van der Waals surface area (Å²) >= 11 is 3.68. The van der Waals surface area contributed by atoms with Crippen LogP contribution in [0.5, 0.6) is 5.75 Å². The van der Waals surface area contributed by atoms with Gasteiger partial charge in [0.15, 0.2) is 0 Å². The van der Waals surface area contributed by atoms with Crippen molar-refractivity contribution in [2.75, 3.05) is 80.8 Å². The van der Waals surface area contributed by atoms with Gasteiger partial charge in [-0.25, -0.2) is 9.78 Å². The Bertz CT molecular complexity index is 3150. The molecule has 1 saturated carbocycles. The number of piperazine rings is 1. The Balaban J connectivity index is 0.726. The van der Waals surface area contributed by atoms with E-state index in [1.54, 1.807) is 17.9 Å². The molecule has 5 aliphatic rings. The number of pyridine rings is 1. The quantitative estimate of drug-likeness (QED) is 0.0705. The average molecular weight is 1050 g/mol. The number of carbonyl (C=O) groups excluding carboxylic acids is 2. The molecule has 372 valence electrons. The van der Waals surface area contributed by atoms with Crippen LogP contribution in [-0.4, -0.2) is 117 Å². The van der Waals surface area contributed by atoms with Gasteiger partial charge in [0.2, 0.25) is 17.8 Å². The monoisotopic (exact) mass is 1040 g/mol. The Morgan fingerprint density at radius 1 is 0.845 bits per heavy atom. The number of amides is 2. The summed E-state index contributed by atoms with van der Waals surface area (Å²) in [4.78, 5) is 60.9. The SMILES string of the molecule is CCc1cc(Nc2ncc(Br)c(Nc3ccc4nc(C)ccc4c3P3(=O)CCCC3)n2)c(OC)cc1N1CCC(N2CCN(CCc3cccc4c3n(C3CC3)c(=O)n4C3CCC(=O)NC3=O)CC2)CC1. The van der Waals surface area contributed by atoms with Gasteiger partial charge in [0.25, 0.3) is 0 Å². The van der Waals surface area contributed by atoms with E-state index in [4.69, 9.17) is 14.7 Å². The number of aromatic nitrogens is 5. The second-order valence-corrected chi connectivity index (χ2v) is 24.0. The summed E-state index contributed by atoms with van der Waals surface area (Å²) < 4.78 is 24.8. The lowest BCUT2D eigenvalue weighted by atomic mass is 9.99. The zero-order valence-corrected chi connectivity index (χ0v) is 43.4. The van der Waals surface area contributed by atoms with Gasteiger partial charge in [0.1, 0.15) is 24.8 Å². The predicted octanol–water partition coefficient (Wildman–Crippen LogP) is 8.19. The largest absolute Gasteiger partial charge is 0.494 e. The van der Waals surface area contributed by atoms with Crippen molar-refractivity contribution in [1.29, 1.82) is 0 Å². The van der Waals surface area contributed by atoms with Crippen molar-refractivity contribution in [1.82, 2.24) is 39.2 Å². The third-order valence-electron chi connectivity index (χ3n) is 15.6. The van der Waals surface area contributed by atoms with Gasteiger partial charge in [0, 0.05) is 111 Å². The van der Waals surface area contributed by atoms with Crippen LogP contribution in [0.2, 0.25) is 0 Å². The van der Waals surface area contributed by atoms with Crippen molar-refractivity contribution in [2.24, 2.45) is 0 Å². The number of fused-ring (bicyclic) bond motifs is 2. The van der Waals surface area contributed by atoms with Crippen molar-refractivity contribution in [3.63, 3.8) is 0 Å². The van der Waals surface area contributed by atoms with E-state index < -0.39 is 13.2 Å². The standard InChI is InChI=1S/C53H63BrN11O5P/c1-4-34-30-42(58-52-55-32-39(54)50(60-52)57-41-15-14-40-38(13-10-33(2)56-40)49(41)71(69)28-5-6-29-71)46(70-3)31-45(34)63-22-19-36(20-23-63)62-26-24-61(25-27-62)21-18-35-8-7-9-43-48(35)64(37-11-12-37)53(68)65(43)44-16-17-47(66)59-51(44)67/h7-10,13-15,30-32,36-37,44H,4-6,11-12,16-29H2,1-3H3,(H,59,66,67)(H2,55,57,58,60). The molecule has 0 radical (unpaired) electrons. The number of carbonyl (C=O) groups is 2. The molecule has 4 aliphatic heterocycles. The first-order chi connectivity index (χ1) is 34.5. The van der Waals surface area contributed by atoms with Crippen LogP contribution < -0.4 is 36.6 Å². The Hall–Kier alpha value is -5.61. The summed E-state index contributed by atoms with van der Waals surface area (Å²) in [7, 11) is -0.936. The molecule has 5 fully saturated rings. The number of anilines is 5. The number of hydrogen-bond acceptors (Lipinski definition) is 13. The van der Waals surface area contributed by atoms with E-state index in [9.17, 15) is 18.9 Å². The summed E-state index contributed by atoms with van der Waals surface area (Å²) in [5.41, 5.74) is 8.51. The van der Waals surface area contributed by atoms with E-state index in [1.807, 2.05) is 41.8 Å². The van der Waals surface area contributed by atoms with E-state index in [2.05, 4.69) is 82.8 Å². The molecule has 2 amide bonds. The van der Waals surface area contributed by atoms with Gasteiger partial charge in [-0.2, -0.15) is 4.98 Å². The fourth-order valence-electron chi connectivity index (χ4n) is 11.7. The number of benzene rings is 3. The number of rotatable bonds is 14. The first-order valence-corrected chi connectivity index (χ1v) is 28.4. The third kappa shape index (κ3) is 9.39. The number of para-hydroxylation sites is 1. The van der Waals surface area contributed by atoms with Crippen LogP contribution in [0.15, 0.2) is 70.1 Å².